The summed E-state index contributed by atoms with van der Waals surface area (Å²) in [5.74, 6) is -14.0. The minimum Gasteiger partial charge on any atom is -0.545 e. The molecule has 0 unspecified atom stereocenters. The molecule has 12 aromatic rings. The minimum atomic E-state index is -4.91. The topological polar surface area (TPSA) is 253 Å². The zero-order chi connectivity index (χ0) is 80.0. The third-order valence-corrected chi connectivity index (χ3v) is 17.4. The number of carboxylic acid groups (broad SMARTS) is 4. The van der Waals surface area contributed by atoms with Crippen LogP contribution in [0.25, 0.3) is 44.5 Å². The number of halogens is 11. The van der Waals surface area contributed by atoms with Crippen LogP contribution in [-0.4, -0.2) is 86.8 Å². The zero-order valence-corrected chi connectivity index (χ0v) is 59.7. The first-order valence-electron chi connectivity index (χ1n) is 33.2. The van der Waals surface area contributed by atoms with Crippen molar-refractivity contribution in [2.24, 2.45) is 0 Å². The van der Waals surface area contributed by atoms with E-state index in [0.717, 1.165) is 30.7 Å². The Labute approximate surface area is 651 Å². The first-order chi connectivity index (χ1) is 53.1. The van der Waals surface area contributed by atoms with Crippen LogP contribution in [0.3, 0.4) is 0 Å². The van der Waals surface area contributed by atoms with E-state index in [2.05, 4.69) is 24.7 Å². The van der Waals surface area contributed by atoms with E-state index in [1.807, 2.05) is 11.4 Å². The van der Waals surface area contributed by atoms with Crippen molar-refractivity contribution in [1.82, 2.24) is 19.9 Å². The van der Waals surface area contributed by atoms with E-state index in [1.165, 1.54) is 119 Å². The number of carbonyl (C=O) groups is 4. The van der Waals surface area contributed by atoms with Gasteiger partial charge in [0.2, 0.25) is 0 Å². The normalized spacial score (nSPS) is 11.3. The number of ether oxygens (including phenoxy) is 4. The van der Waals surface area contributed by atoms with Gasteiger partial charge in [-0.25, -0.2) is 54.5 Å². The first kappa shape index (κ1) is 85.7. The van der Waals surface area contributed by atoms with Crippen LogP contribution in [0.1, 0.15) is 112 Å². The number of anilines is 2. The molecule has 1 aliphatic rings. The van der Waals surface area contributed by atoms with Crippen molar-refractivity contribution in [1.29, 1.82) is 0 Å². The number of benzene rings is 8. The van der Waals surface area contributed by atoms with Crippen LogP contribution in [0.2, 0.25) is 0 Å². The van der Waals surface area contributed by atoms with E-state index in [4.69, 9.17) is 19.3 Å². The molecule has 13 rings (SSSR count). The summed E-state index contributed by atoms with van der Waals surface area (Å²) >= 11 is 0. The van der Waals surface area contributed by atoms with Gasteiger partial charge in [0.1, 0.15) is 63.3 Å². The maximum Gasteiger partial charge on any atom is 1.00 e. The number of methoxy groups -OCH3 is 3. The van der Waals surface area contributed by atoms with Crippen LogP contribution in [0.15, 0.2) is 207 Å². The number of rotatable bonds is 21. The number of alkyl halides is 3. The Morgan fingerprint density at radius 1 is 0.487 bits per heavy atom. The average Bonchev–Trinajstić information content (AvgIpc) is 1.63. The molecule has 0 atom stereocenters. The summed E-state index contributed by atoms with van der Waals surface area (Å²) in [7, 11) is 4.33. The van der Waals surface area contributed by atoms with Gasteiger partial charge in [-0.2, -0.15) is 0 Å². The van der Waals surface area contributed by atoms with Crippen molar-refractivity contribution < 1.29 is 126 Å². The van der Waals surface area contributed by atoms with Crippen LogP contribution in [0, 0.1) is 53.5 Å². The number of nitrogens with one attached hydrogen (secondary N) is 1. The third kappa shape index (κ3) is 21.2. The summed E-state index contributed by atoms with van der Waals surface area (Å²) in [6.07, 6.45) is 3.24. The van der Waals surface area contributed by atoms with Crippen molar-refractivity contribution in [3.63, 3.8) is 0 Å². The molecule has 0 saturated heterocycles. The Balaban J connectivity index is 0.000000188. The summed E-state index contributed by atoms with van der Waals surface area (Å²) in [5, 5.41) is 41.1. The van der Waals surface area contributed by atoms with E-state index in [0.29, 0.717) is 56.4 Å². The Kier molecular flexibility index (Phi) is 28.9. The third-order valence-electron chi connectivity index (χ3n) is 17.4. The quantitative estimate of drug-likeness (QED) is 0.0296. The Morgan fingerprint density at radius 3 is 1.56 bits per heavy atom. The summed E-state index contributed by atoms with van der Waals surface area (Å²) in [4.78, 5) is 61.0. The molecule has 29 heteroatoms. The summed E-state index contributed by atoms with van der Waals surface area (Å²) in [6.45, 7) is 1.58. The summed E-state index contributed by atoms with van der Waals surface area (Å²) in [5.41, 5.74) is 1.84. The van der Waals surface area contributed by atoms with E-state index in [1.54, 1.807) is 98.0 Å². The molecule has 4 aromatic heterocycles. The van der Waals surface area contributed by atoms with Gasteiger partial charge < -0.3 is 49.5 Å². The maximum absolute atomic E-state index is 14.8. The van der Waals surface area contributed by atoms with Crippen molar-refractivity contribution >= 4 is 35.4 Å². The molecule has 576 valence electrons. The molecule has 1 saturated carbocycles. The van der Waals surface area contributed by atoms with Crippen LogP contribution >= 0.6 is 0 Å². The van der Waals surface area contributed by atoms with Crippen molar-refractivity contribution in [3.8, 4) is 67.5 Å². The molecule has 0 aliphatic heterocycles. The fraction of sp³-hybridized carbons (Fsp3) is 0.143. The number of aromatic nitrogens is 4. The molecule has 0 amide bonds. The van der Waals surface area contributed by atoms with E-state index in [-0.39, 0.29) is 107 Å². The summed E-state index contributed by atoms with van der Waals surface area (Å²) < 4.78 is 176. The van der Waals surface area contributed by atoms with Gasteiger partial charge in [-0.15, -0.1) is 13.2 Å². The molecule has 4 heterocycles. The Bertz CT molecular complexity index is 5430. The van der Waals surface area contributed by atoms with Gasteiger partial charge in [-0.3, -0.25) is 15.0 Å². The fourth-order valence-electron chi connectivity index (χ4n) is 11.6. The van der Waals surface area contributed by atoms with Gasteiger partial charge >= 0.3 is 43.1 Å². The average molecular weight is 1550 g/mol. The largest absolute Gasteiger partial charge is 1.00 e. The van der Waals surface area contributed by atoms with Crippen LogP contribution in [0.4, 0.5) is 59.8 Å². The zero-order valence-electron chi connectivity index (χ0n) is 59.7. The number of hydrogen-bond donors (Lipinski definition) is 4. The molecule has 1 aliphatic carbocycles. The van der Waals surface area contributed by atoms with Crippen LogP contribution in [0.5, 0.6) is 23.0 Å². The SMILES string of the molecule is C.COc1cccc(-c2c(F)c(F)c(Nc3ncccc3C(=O)O)c(F)c2F)c1.COc1cccc(-c2cc(F)c(Cc3ncc(C4CC4)cc3C(=O)O)c(F)c2)c1.COc1cccc(-c2ccc(Cc3cnccc3C(=O)[O-])c(OC(F)(F)F)c2)c1.Cc1c(-c2ccccc2)cc(F)c(Cc2ncccc2C(=O)O)c1F.[Li+]. The second kappa shape index (κ2) is 38.1. The van der Waals surface area contributed by atoms with Crippen molar-refractivity contribution in [3.05, 3.63) is 320 Å². The monoisotopic (exact) mass is 1550 g/mol. The molecule has 17 nitrogen and oxygen atoms in total. The standard InChI is InChI=1S/C23H19F2NO3.C21H16F3NO4.C20H15F2NO2.C19H12F4N2O3.CH4.Li/c1-29-17-4-2-3-14(7-17)15-9-20(24)18(21(25)10-15)11-22-19(23(27)28)8-16(12-26-22)13-5-6-13;1-28-17-4-2-3-13(10-17)14-5-6-15(19(11-14)29-21(22,23)24)9-16-12-25-8-7-18(16)20(26)27;1-12-15(13-6-3-2-4-7-13)10-17(21)16(19(12)22)11-18-14(20(24)25)8-5-9-23-18;1-28-10-5-2-4-9(8-10)12-13(20)15(22)17(16(23)14(12)21)25-18-11(19(26)27)6-3-7-24-18;;/h2-4,7-10,12-13H,5-6,11H2,1H3,(H,27,28);2-8,10-12H,9H2,1H3,(H,26,27);2-10H,11H2,1H3,(H,24,25);2-8H,1H3,(H,24,25)(H,26,27);1H4;/q;;;;;+1/p-1. The molecule has 4 N–H and O–H groups in total. The van der Waals surface area contributed by atoms with Gasteiger partial charge in [0, 0.05) is 66.9 Å². The summed E-state index contributed by atoms with van der Waals surface area (Å²) in [6, 6.07) is 44.3. The molecule has 0 spiro atoms. The van der Waals surface area contributed by atoms with E-state index < -0.39 is 105 Å². The number of carbonyl (C=O) groups excluding carboxylic acids is 1. The van der Waals surface area contributed by atoms with Crippen molar-refractivity contribution in [2.75, 3.05) is 26.6 Å². The Hall–Kier alpha value is -12.9. The number of aromatic carboxylic acids is 4. The minimum absolute atomic E-state index is 0. The van der Waals surface area contributed by atoms with Crippen molar-refractivity contribution in [2.45, 2.75) is 58.7 Å². The second-order valence-corrected chi connectivity index (χ2v) is 24.5. The van der Waals surface area contributed by atoms with Gasteiger partial charge in [-0.05, 0) is 184 Å². The van der Waals surface area contributed by atoms with Crippen LogP contribution < -0.4 is 48.2 Å². The molecule has 0 radical (unpaired) electrons. The maximum atomic E-state index is 14.8. The van der Waals surface area contributed by atoms with Gasteiger partial charge in [-0.1, -0.05) is 86.3 Å². The predicted octanol–water partition coefficient (Wildman–Crippen LogP) is 15.8. The molecule has 1 fully saturated rings. The molecule has 0 bridgehead atoms. The smallest absolute Gasteiger partial charge is 0.545 e. The number of nitrogens with zero attached hydrogens (tertiary/aromatic N) is 4. The molecular formula is C84H65F11LiN5O12. The number of carboxylic acids is 4. The predicted molar refractivity (Wildman–Crippen MR) is 391 cm³/mol. The molecule has 8 aromatic carbocycles. The van der Waals surface area contributed by atoms with Gasteiger partial charge in [0.25, 0.3) is 0 Å². The van der Waals surface area contributed by atoms with Gasteiger partial charge in [0.15, 0.2) is 23.3 Å². The molecule has 113 heavy (non-hydrogen) atoms. The Morgan fingerprint density at radius 2 is 1.00 bits per heavy atom. The fourth-order valence-corrected chi connectivity index (χ4v) is 11.6. The molecular weight excluding hydrogens is 1490 g/mol. The van der Waals surface area contributed by atoms with E-state index in [9.17, 15) is 82.8 Å². The van der Waals surface area contributed by atoms with E-state index >= 15 is 0 Å². The number of pyridine rings is 4. The number of hydrogen-bond acceptors (Lipinski definition) is 14. The van der Waals surface area contributed by atoms with Gasteiger partial charge in [0.05, 0.1) is 55.4 Å². The first-order valence-corrected chi connectivity index (χ1v) is 33.2. The van der Waals surface area contributed by atoms with Crippen LogP contribution in [-0.2, 0) is 19.3 Å². The second-order valence-electron chi connectivity index (χ2n) is 24.5.